The molecule has 0 radical (unpaired) electrons. The Morgan fingerprint density at radius 3 is 3.21 bits per heavy atom. The second-order valence-corrected chi connectivity index (χ2v) is 3.15. The Morgan fingerprint density at radius 1 is 1.64 bits per heavy atom. The Bertz CT molecular complexity index is 354. The predicted molar refractivity (Wildman–Crippen MR) is 50.4 cm³/mol. The summed E-state index contributed by atoms with van der Waals surface area (Å²) in [5.74, 6) is 0.346. The smallest absolute Gasteiger partial charge is 0.246 e. The lowest BCUT2D eigenvalue weighted by Crippen LogP contribution is -2.39. The van der Waals surface area contributed by atoms with Crippen LogP contribution in [0.5, 0.6) is 0 Å². The van der Waals surface area contributed by atoms with Gasteiger partial charge in [-0.2, -0.15) is 0 Å². The van der Waals surface area contributed by atoms with E-state index in [9.17, 15) is 4.79 Å². The third-order valence-electron chi connectivity index (χ3n) is 2.06. The minimum atomic E-state index is -0.110. The lowest BCUT2D eigenvalue weighted by Gasteiger charge is -2.23. The first-order chi connectivity index (χ1) is 6.75. The monoisotopic (exact) mass is 193 g/mol. The van der Waals surface area contributed by atoms with E-state index in [-0.39, 0.29) is 18.6 Å². The van der Waals surface area contributed by atoms with Crippen LogP contribution in [-0.4, -0.2) is 24.1 Å². The number of nitrogen functional groups attached to an aromatic ring is 1. The van der Waals surface area contributed by atoms with Crippen LogP contribution in [-0.2, 0) is 9.53 Å². The van der Waals surface area contributed by atoms with E-state index >= 15 is 0 Å². The first kappa shape index (κ1) is 8.96. The number of nitrogens with two attached hydrogens (primary N) is 1. The molecule has 74 valence electrons. The van der Waals surface area contributed by atoms with Gasteiger partial charge in [-0.3, -0.25) is 4.79 Å². The average molecular weight is 193 g/mol. The molecule has 0 aliphatic carbocycles. The quantitative estimate of drug-likeness (QED) is 0.650. The highest BCUT2D eigenvalue weighted by molar-refractivity contribution is 5.78. The van der Waals surface area contributed by atoms with Gasteiger partial charge in [0.05, 0.1) is 12.6 Å². The van der Waals surface area contributed by atoms with Gasteiger partial charge in [-0.1, -0.05) is 0 Å². The van der Waals surface area contributed by atoms with Crippen molar-refractivity contribution in [3.05, 3.63) is 23.9 Å². The average Bonchev–Trinajstić information content (AvgIpc) is 2.18. The van der Waals surface area contributed by atoms with Gasteiger partial charge in [0.25, 0.3) is 0 Å². The summed E-state index contributed by atoms with van der Waals surface area (Å²) < 4.78 is 5.12. The maximum Gasteiger partial charge on any atom is 0.246 e. The third-order valence-corrected chi connectivity index (χ3v) is 2.06. The van der Waals surface area contributed by atoms with E-state index in [4.69, 9.17) is 10.5 Å². The molecular weight excluding hydrogens is 182 g/mol. The summed E-state index contributed by atoms with van der Waals surface area (Å²) in [6.45, 7) is 0.617. The Balaban J connectivity index is 2.17. The van der Waals surface area contributed by atoms with Gasteiger partial charge in [0.2, 0.25) is 5.91 Å². The van der Waals surface area contributed by atoms with Crippen LogP contribution in [0.3, 0.4) is 0 Å². The second kappa shape index (κ2) is 3.63. The first-order valence-electron chi connectivity index (χ1n) is 4.34. The number of carbonyl (C=O) groups excluding carboxylic acids is 1. The Kier molecular flexibility index (Phi) is 2.32. The van der Waals surface area contributed by atoms with Crippen LogP contribution in [0.4, 0.5) is 5.82 Å². The zero-order valence-electron chi connectivity index (χ0n) is 7.56. The molecule has 1 fully saturated rings. The van der Waals surface area contributed by atoms with E-state index in [2.05, 4.69) is 10.3 Å². The highest BCUT2D eigenvalue weighted by atomic mass is 16.5. The summed E-state index contributed by atoms with van der Waals surface area (Å²) in [4.78, 5) is 14.9. The maximum atomic E-state index is 11.0. The number of anilines is 1. The summed E-state index contributed by atoms with van der Waals surface area (Å²) in [5, 5.41) is 2.81. The van der Waals surface area contributed by atoms with E-state index in [0.29, 0.717) is 12.4 Å². The highest BCUT2D eigenvalue weighted by Gasteiger charge is 2.20. The molecule has 1 atom stereocenters. The van der Waals surface area contributed by atoms with Crippen LogP contribution in [0.1, 0.15) is 11.6 Å². The lowest BCUT2D eigenvalue weighted by molar-refractivity contribution is -0.131. The van der Waals surface area contributed by atoms with Gasteiger partial charge in [-0.15, -0.1) is 0 Å². The summed E-state index contributed by atoms with van der Waals surface area (Å²) >= 11 is 0. The van der Waals surface area contributed by atoms with E-state index < -0.39 is 0 Å². The van der Waals surface area contributed by atoms with Crippen molar-refractivity contribution in [2.45, 2.75) is 6.04 Å². The molecule has 14 heavy (non-hydrogen) atoms. The standard InChI is InChI=1S/C9H11N3O2/c10-8-3-6(1-2-11-8)7-4-14-5-9(13)12-7/h1-3,7H,4-5H2,(H2,10,11)(H,12,13)/t7-/m0/s1. The van der Waals surface area contributed by atoms with Gasteiger partial charge in [0, 0.05) is 6.20 Å². The minimum Gasteiger partial charge on any atom is -0.384 e. The number of aromatic nitrogens is 1. The molecule has 5 heteroatoms. The van der Waals surface area contributed by atoms with Crippen molar-refractivity contribution in [1.29, 1.82) is 0 Å². The summed E-state index contributed by atoms with van der Waals surface area (Å²) in [6, 6.07) is 3.44. The molecule has 2 heterocycles. The zero-order chi connectivity index (χ0) is 9.97. The fraction of sp³-hybridized carbons (Fsp3) is 0.333. The van der Waals surface area contributed by atoms with E-state index in [1.165, 1.54) is 0 Å². The molecule has 0 aromatic carbocycles. The van der Waals surface area contributed by atoms with Crippen molar-refractivity contribution in [3.63, 3.8) is 0 Å². The number of carbonyl (C=O) groups is 1. The number of ether oxygens (including phenoxy) is 1. The molecule has 2 rings (SSSR count). The van der Waals surface area contributed by atoms with E-state index in [0.717, 1.165) is 5.56 Å². The highest BCUT2D eigenvalue weighted by Crippen LogP contribution is 2.16. The van der Waals surface area contributed by atoms with Crippen LogP contribution in [0.2, 0.25) is 0 Å². The SMILES string of the molecule is Nc1cc([C@@H]2COCC(=O)N2)ccn1. The molecule has 0 unspecified atom stereocenters. The number of nitrogens with zero attached hydrogens (tertiary/aromatic N) is 1. The largest absolute Gasteiger partial charge is 0.384 e. The Morgan fingerprint density at radius 2 is 2.50 bits per heavy atom. The van der Waals surface area contributed by atoms with Crippen LogP contribution >= 0.6 is 0 Å². The molecule has 3 N–H and O–H groups in total. The fourth-order valence-corrected chi connectivity index (χ4v) is 1.41. The number of pyridine rings is 1. The molecule has 0 spiro atoms. The normalized spacial score (nSPS) is 21.7. The van der Waals surface area contributed by atoms with E-state index in [1.807, 2.05) is 6.07 Å². The summed E-state index contributed by atoms with van der Waals surface area (Å²) in [5.41, 5.74) is 6.46. The van der Waals surface area contributed by atoms with Crippen LogP contribution in [0.15, 0.2) is 18.3 Å². The number of morpholine rings is 1. The van der Waals surface area contributed by atoms with Crippen molar-refractivity contribution < 1.29 is 9.53 Å². The molecule has 0 bridgehead atoms. The van der Waals surface area contributed by atoms with Gasteiger partial charge in [-0.05, 0) is 17.7 Å². The topological polar surface area (TPSA) is 77.2 Å². The molecule has 5 nitrogen and oxygen atoms in total. The van der Waals surface area contributed by atoms with Crippen LogP contribution in [0, 0.1) is 0 Å². The molecule has 1 saturated heterocycles. The number of hydrogen-bond donors (Lipinski definition) is 2. The second-order valence-electron chi connectivity index (χ2n) is 3.15. The maximum absolute atomic E-state index is 11.0. The Hall–Kier alpha value is -1.62. The predicted octanol–water partition coefficient (Wildman–Crippen LogP) is -0.149. The number of amides is 1. The molecule has 1 aromatic heterocycles. The van der Waals surface area contributed by atoms with E-state index in [1.54, 1.807) is 12.3 Å². The summed E-state index contributed by atoms with van der Waals surface area (Å²) in [6.07, 6.45) is 1.62. The molecule has 1 aliphatic heterocycles. The number of nitrogens with one attached hydrogen (secondary N) is 1. The van der Waals surface area contributed by atoms with Crippen LogP contribution in [0.25, 0.3) is 0 Å². The molecule has 1 aliphatic rings. The third kappa shape index (κ3) is 1.82. The van der Waals surface area contributed by atoms with Crippen LogP contribution < -0.4 is 11.1 Å². The van der Waals surface area contributed by atoms with Gasteiger partial charge in [0.15, 0.2) is 0 Å². The van der Waals surface area contributed by atoms with Gasteiger partial charge in [0.1, 0.15) is 12.4 Å². The van der Waals surface area contributed by atoms with Crippen molar-refractivity contribution in [3.8, 4) is 0 Å². The lowest BCUT2D eigenvalue weighted by atomic mass is 10.1. The fourth-order valence-electron chi connectivity index (χ4n) is 1.41. The van der Waals surface area contributed by atoms with Crippen molar-refractivity contribution in [2.24, 2.45) is 0 Å². The van der Waals surface area contributed by atoms with Crippen molar-refractivity contribution in [1.82, 2.24) is 10.3 Å². The zero-order valence-corrected chi connectivity index (χ0v) is 7.56. The van der Waals surface area contributed by atoms with Gasteiger partial charge < -0.3 is 15.8 Å². The number of rotatable bonds is 1. The molecule has 1 aromatic rings. The van der Waals surface area contributed by atoms with Gasteiger partial charge >= 0.3 is 0 Å². The Labute approximate surface area is 81.3 Å². The molecule has 1 amide bonds. The summed E-state index contributed by atoms with van der Waals surface area (Å²) in [7, 11) is 0. The van der Waals surface area contributed by atoms with Gasteiger partial charge in [-0.25, -0.2) is 4.98 Å². The minimum absolute atomic E-state index is 0.100. The van der Waals surface area contributed by atoms with Crippen molar-refractivity contribution in [2.75, 3.05) is 18.9 Å². The molecule has 0 saturated carbocycles. The molecular formula is C9H11N3O2. The van der Waals surface area contributed by atoms with Crippen molar-refractivity contribution >= 4 is 11.7 Å². The number of hydrogen-bond acceptors (Lipinski definition) is 4. The first-order valence-corrected chi connectivity index (χ1v) is 4.34.